The van der Waals surface area contributed by atoms with Crippen LogP contribution in [0.4, 0.5) is 0 Å². The van der Waals surface area contributed by atoms with Crippen molar-refractivity contribution in [2.24, 2.45) is 0 Å². The van der Waals surface area contributed by atoms with Gasteiger partial charge in [-0.3, -0.25) is 9.59 Å². The van der Waals surface area contributed by atoms with Crippen molar-refractivity contribution in [1.29, 1.82) is 0 Å². The van der Waals surface area contributed by atoms with E-state index in [-0.39, 0.29) is 0 Å². The van der Waals surface area contributed by atoms with Crippen LogP contribution in [0.2, 0.25) is 0 Å². The van der Waals surface area contributed by atoms with Gasteiger partial charge in [0.05, 0.1) is 0 Å². The summed E-state index contributed by atoms with van der Waals surface area (Å²) < 4.78 is 0. The largest absolute Gasteiger partial charge is 0.478 e. The third kappa shape index (κ3) is 0.815. The van der Waals surface area contributed by atoms with E-state index in [4.69, 9.17) is 10.2 Å². The third-order valence-corrected chi connectivity index (χ3v) is 1.34. The molecular weight excluding hydrogens is 168 g/mol. The zero-order valence-electron chi connectivity index (χ0n) is 5.53. The van der Waals surface area contributed by atoms with Gasteiger partial charge in [0.1, 0.15) is 11.1 Å². The average Bonchev–Trinajstić information content (AvgIpc) is 1.96. The van der Waals surface area contributed by atoms with Crippen molar-refractivity contribution in [3.63, 3.8) is 0 Å². The summed E-state index contributed by atoms with van der Waals surface area (Å²) in [5.41, 5.74) is -4.38. The number of carboxylic acids is 2. The van der Waals surface area contributed by atoms with E-state index in [0.29, 0.717) is 0 Å². The van der Waals surface area contributed by atoms with Gasteiger partial charge in [-0.05, 0) is 0 Å². The highest BCUT2D eigenvalue weighted by atomic mass is 16.4. The molecule has 6 heteroatoms. The summed E-state index contributed by atoms with van der Waals surface area (Å²) in [7, 11) is 0. The zero-order valence-corrected chi connectivity index (χ0v) is 5.53. The fourth-order valence-electron chi connectivity index (χ4n) is 0.800. The molecule has 0 aliphatic rings. The summed E-state index contributed by atoms with van der Waals surface area (Å²) in [4.78, 5) is 41.2. The molecule has 0 saturated carbocycles. The van der Waals surface area contributed by atoms with E-state index in [9.17, 15) is 19.2 Å². The summed E-state index contributed by atoms with van der Waals surface area (Å²) in [6.07, 6.45) is 0. The third-order valence-electron chi connectivity index (χ3n) is 1.34. The first-order valence-electron chi connectivity index (χ1n) is 2.76. The Hall–Kier alpha value is -1.98. The Kier molecular flexibility index (Phi) is 1.53. The lowest BCUT2D eigenvalue weighted by atomic mass is 10.0. The lowest BCUT2D eigenvalue weighted by molar-refractivity contribution is 0.0644. The van der Waals surface area contributed by atoms with Crippen LogP contribution in [0.25, 0.3) is 0 Å². The minimum atomic E-state index is -1.68. The fraction of sp³-hybridized carbons (Fsp3) is 0. The summed E-state index contributed by atoms with van der Waals surface area (Å²) in [5.74, 6) is -3.37. The average molecular weight is 170 g/mol. The Morgan fingerprint density at radius 2 is 1.08 bits per heavy atom. The first kappa shape index (κ1) is 8.12. The molecule has 0 unspecified atom stereocenters. The molecule has 1 aromatic carbocycles. The number of hydrogen-bond acceptors (Lipinski definition) is 4. The van der Waals surface area contributed by atoms with Crippen LogP contribution in [0.5, 0.6) is 0 Å². The maximum absolute atomic E-state index is 10.5. The van der Waals surface area contributed by atoms with Crippen LogP contribution in [0.15, 0.2) is 9.59 Å². The summed E-state index contributed by atoms with van der Waals surface area (Å²) >= 11 is 0. The van der Waals surface area contributed by atoms with E-state index in [0.717, 1.165) is 0 Å². The molecule has 62 valence electrons. The van der Waals surface area contributed by atoms with Crippen LogP contribution >= 0.6 is 0 Å². The summed E-state index contributed by atoms with van der Waals surface area (Å²) in [6.45, 7) is 0. The van der Waals surface area contributed by atoms with E-state index in [2.05, 4.69) is 0 Å². The zero-order chi connectivity index (χ0) is 9.46. The van der Waals surface area contributed by atoms with Crippen LogP contribution in [-0.4, -0.2) is 22.2 Å². The number of hydrogen-bond donors (Lipinski definition) is 2. The van der Waals surface area contributed by atoms with Crippen LogP contribution in [0.1, 0.15) is 20.7 Å². The standard InChI is InChI=1S/C6H2O6/c7-3-1(5(9)10)2(4(3)8)6(11)12/h(H,9,10)(H,11,12). The molecule has 0 radical (unpaired) electrons. The molecule has 0 amide bonds. The lowest BCUT2D eigenvalue weighted by Crippen LogP contribution is -2.44. The molecule has 0 bridgehead atoms. The van der Waals surface area contributed by atoms with Gasteiger partial charge in [-0.2, -0.15) is 0 Å². The number of carboxylic acid groups (broad SMARTS) is 2. The van der Waals surface area contributed by atoms with Crippen LogP contribution in [0.3, 0.4) is 0 Å². The monoisotopic (exact) mass is 170 g/mol. The van der Waals surface area contributed by atoms with Gasteiger partial charge in [-0.1, -0.05) is 0 Å². The quantitative estimate of drug-likeness (QED) is 0.532. The molecule has 0 atom stereocenters. The fourth-order valence-corrected chi connectivity index (χ4v) is 0.800. The van der Waals surface area contributed by atoms with E-state index in [1.807, 2.05) is 0 Å². The molecule has 0 spiro atoms. The smallest absolute Gasteiger partial charge is 0.340 e. The summed E-state index contributed by atoms with van der Waals surface area (Å²) in [6, 6.07) is 0. The molecule has 1 rings (SSSR count). The van der Waals surface area contributed by atoms with Gasteiger partial charge < -0.3 is 10.2 Å². The van der Waals surface area contributed by atoms with E-state index < -0.39 is 33.9 Å². The van der Waals surface area contributed by atoms with Crippen LogP contribution in [0, 0.1) is 0 Å². The van der Waals surface area contributed by atoms with Gasteiger partial charge in [0.15, 0.2) is 0 Å². The number of rotatable bonds is 2. The van der Waals surface area contributed by atoms with Crippen molar-refractivity contribution in [1.82, 2.24) is 0 Å². The normalized spacial score (nSPS) is 10.0. The SMILES string of the molecule is O=C(O)c1c(C(=O)O)c(=O)c1=O. The van der Waals surface area contributed by atoms with Gasteiger partial charge in [0, 0.05) is 0 Å². The lowest BCUT2D eigenvalue weighted by Gasteiger charge is -1.99. The van der Waals surface area contributed by atoms with Gasteiger partial charge >= 0.3 is 11.9 Å². The molecule has 0 heterocycles. The van der Waals surface area contributed by atoms with Crippen molar-refractivity contribution in [3.8, 4) is 0 Å². The molecule has 12 heavy (non-hydrogen) atoms. The van der Waals surface area contributed by atoms with Crippen molar-refractivity contribution in [3.05, 3.63) is 31.6 Å². The van der Waals surface area contributed by atoms with E-state index in [1.54, 1.807) is 0 Å². The Morgan fingerprint density at radius 3 is 1.25 bits per heavy atom. The molecule has 2 N–H and O–H groups in total. The second-order valence-corrected chi connectivity index (χ2v) is 2.02. The number of carbonyl (C=O) groups is 2. The van der Waals surface area contributed by atoms with Crippen molar-refractivity contribution < 1.29 is 19.8 Å². The molecule has 0 aliphatic carbocycles. The minimum Gasteiger partial charge on any atom is -0.478 e. The minimum absolute atomic E-state index is 0.937. The predicted molar refractivity (Wildman–Crippen MR) is 35.3 cm³/mol. The van der Waals surface area contributed by atoms with Crippen molar-refractivity contribution >= 4 is 11.9 Å². The Balaban J connectivity index is 3.43. The molecule has 1 aromatic rings. The van der Waals surface area contributed by atoms with Gasteiger partial charge in [-0.15, -0.1) is 0 Å². The van der Waals surface area contributed by atoms with Crippen molar-refractivity contribution in [2.45, 2.75) is 0 Å². The van der Waals surface area contributed by atoms with E-state index >= 15 is 0 Å². The molecular formula is C6H2O6. The van der Waals surface area contributed by atoms with Crippen LogP contribution in [-0.2, 0) is 0 Å². The highest BCUT2D eigenvalue weighted by molar-refractivity contribution is 6.03. The summed E-state index contributed by atoms with van der Waals surface area (Å²) in [5, 5.41) is 16.5. The second kappa shape index (κ2) is 2.26. The molecule has 0 saturated heterocycles. The highest BCUT2D eigenvalue weighted by Crippen LogP contribution is 1.99. The first-order valence-corrected chi connectivity index (χ1v) is 2.76. The molecule has 0 fully saturated rings. The molecule has 6 nitrogen and oxygen atoms in total. The Labute approximate surface area is 64.4 Å². The molecule has 0 aromatic heterocycles. The Morgan fingerprint density at radius 1 is 0.833 bits per heavy atom. The second-order valence-electron chi connectivity index (χ2n) is 2.02. The van der Waals surface area contributed by atoms with Gasteiger partial charge in [0.2, 0.25) is 10.9 Å². The topological polar surface area (TPSA) is 109 Å². The predicted octanol–water partition coefficient (Wildman–Crippen LogP) is -1.32. The van der Waals surface area contributed by atoms with E-state index in [1.165, 1.54) is 0 Å². The van der Waals surface area contributed by atoms with Gasteiger partial charge in [-0.25, -0.2) is 9.59 Å². The maximum atomic E-state index is 10.5. The first-order chi connectivity index (χ1) is 5.46. The number of aromatic carboxylic acids is 2. The Bertz CT molecular complexity index is 391. The van der Waals surface area contributed by atoms with Crippen LogP contribution < -0.4 is 10.9 Å². The molecule has 0 aliphatic heterocycles. The van der Waals surface area contributed by atoms with Crippen molar-refractivity contribution in [2.75, 3.05) is 0 Å². The highest BCUT2D eigenvalue weighted by Gasteiger charge is 2.30. The van der Waals surface area contributed by atoms with Gasteiger partial charge in [0.25, 0.3) is 0 Å². The maximum Gasteiger partial charge on any atom is 0.340 e.